The van der Waals surface area contributed by atoms with Crippen molar-refractivity contribution in [1.29, 1.82) is 0 Å². The number of hydrogen-bond donors (Lipinski definition) is 1. The van der Waals surface area contributed by atoms with E-state index in [-0.39, 0.29) is 25.6 Å². The Balaban J connectivity index is 2.11. The molecule has 0 saturated heterocycles. The molecule has 6 nitrogen and oxygen atoms in total. The van der Waals surface area contributed by atoms with E-state index in [0.29, 0.717) is 23.8 Å². The van der Waals surface area contributed by atoms with E-state index in [1.807, 2.05) is 55.5 Å². The second-order valence-electron chi connectivity index (χ2n) is 6.78. The molecule has 1 heterocycles. The summed E-state index contributed by atoms with van der Waals surface area (Å²) in [5.41, 5.74) is 3.08. The summed E-state index contributed by atoms with van der Waals surface area (Å²) >= 11 is 0. The molecule has 6 heteroatoms. The number of carbonyl (C=O) groups excluding carboxylic acids is 2. The smallest absolute Gasteiger partial charge is 0.340 e. The van der Waals surface area contributed by atoms with Gasteiger partial charge in [-0.3, -0.25) is 4.79 Å². The molecule has 0 radical (unpaired) electrons. The lowest BCUT2D eigenvalue weighted by Crippen LogP contribution is -2.31. The van der Waals surface area contributed by atoms with Crippen molar-refractivity contribution in [2.45, 2.75) is 33.1 Å². The summed E-state index contributed by atoms with van der Waals surface area (Å²) in [5, 5.41) is 3.10. The predicted octanol–water partition coefficient (Wildman–Crippen LogP) is 4.17. The fourth-order valence-electron chi connectivity index (χ4n) is 3.54. The van der Waals surface area contributed by atoms with E-state index in [9.17, 15) is 9.59 Å². The summed E-state index contributed by atoms with van der Waals surface area (Å²) < 4.78 is 16.5. The average molecular weight is 409 g/mol. The average Bonchev–Trinajstić information content (AvgIpc) is 2.74. The molecule has 0 aliphatic carbocycles. The topological polar surface area (TPSA) is 73.9 Å². The van der Waals surface area contributed by atoms with Gasteiger partial charge >= 0.3 is 11.9 Å². The van der Waals surface area contributed by atoms with Gasteiger partial charge in [-0.1, -0.05) is 36.4 Å². The SMILES string of the molecule is CCNC1=C(C(=O)OCC)C(CC(=O)OCC)c2cc(-c3ccccc3)ccc2O1. The number of ether oxygens (including phenoxy) is 3. The van der Waals surface area contributed by atoms with Gasteiger partial charge in [-0.2, -0.15) is 0 Å². The van der Waals surface area contributed by atoms with Gasteiger partial charge in [0.1, 0.15) is 11.3 Å². The maximum Gasteiger partial charge on any atom is 0.340 e. The lowest BCUT2D eigenvalue weighted by atomic mass is 9.84. The maximum atomic E-state index is 12.8. The van der Waals surface area contributed by atoms with Crippen molar-refractivity contribution in [2.75, 3.05) is 19.8 Å². The molecular formula is C24H27NO5. The van der Waals surface area contributed by atoms with Gasteiger partial charge in [0.2, 0.25) is 5.88 Å². The van der Waals surface area contributed by atoms with Gasteiger partial charge in [0.15, 0.2) is 0 Å². The van der Waals surface area contributed by atoms with Gasteiger partial charge in [0.25, 0.3) is 0 Å². The van der Waals surface area contributed by atoms with Crippen molar-refractivity contribution in [2.24, 2.45) is 0 Å². The van der Waals surface area contributed by atoms with Crippen LogP contribution in [0, 0.1) is 0 Å². The maximum absolute atomic E-state index is 12.8. The predicted molar refractivity (Wildman–Crippen MR) is 114 cm³/mol. The number of nitrogens with one attached hydrogen (secondary N) is 1. The third-order valence-electron chi connectivity index (χ3n) is 4.81. The second-order valence-corrected chi connectivity index (χ2v) is 6.78. The number of hydrogen-bond acceptors (Lipinski definition) is 6. The monoisotopic (exact) mass is 409 g/mol. The highest BCUT2D eigenvalue weighted by Crippen LogP contribution is 2.43. The lowest BCUT2D eigenvalue weighted by Gasteiger charge is -2.30. The molecule has 158 valence electrons. The zero-order valence-electron chi connectivity index (χ0n) is 17.6. The summed E-state index contributed by atoms with van der Waals surface area (Å²) in [4.78, 5) is 25.3. The Morgan fingerprint density at radius 3 is 2.37 bits per heavy atom. The van der Waals surface area contributed by atoms with Crippen molar-refractivity contribution in [3.8, 4) is 16.9 Å². The van der Waals surface area contributed by atoms with Crippen LogP contribution in [-0.2, 0) is 19.1 Å². The first kappa shape index (κ1) is 21.4. The van der Waals surface area contributed by atoms with Crippen LogP contribution in [-0.4, -0.2) is 31.7 Å². The van der Waals surface area contributed by atoms with Crippen LogP contribution in [0.25, 0.3) is 11.1 Å². The summed E-state index contributed by atoms with van der Waals surface area (Å²) in [6.07, 6.45) is 0.0193. The first-order valence-electron chi connectivity index (χ1n) is 10.3. The summed E-state index contributed by atoms with van der Waals surface area (Å²) in [5.74, 6) is -0.487. The van der Waals surface area contributed by atoms with Gasteiger partial charge in [-0.25, -0.2) is 4.79 Å². The zero-order chi connectivity index (χ0) is 21.5. The second kappa shape index (κ2) is 9.96. The molecule has 3 rings (SSSR count). The highest BCUT2D eigenvalue weighted by Gasteiger charge is 2.37. The largest absolute Gasteiger partial charge is 0.466 e. The Hall–Kier alpha value is -3.28. The van der Waals surface area contributed by atoms with E-state index in [1.54, 1.807) is 13.8 Å². The molecule has 0 aromatic heterocycles. The van der Waals surface area contributed by atoms with Gasteiger partial charge in [0.05, 0.1) is 19.6 Å². The Bertz CT molecular complexity index is 936. The summed E-state index contributed by atoms with van der Waals surface area (Å²) in [7, 11) is 0. The zero-order valence-corrected chi connectivity index (χ0v) is 17.6. The minimum Gasteiger partial charge on any atom is -0.466 e. The van der Waals surface area contributed by atoms with E-state index >= 15 is 0 Å². The third kappa shape index (κ3) is 4.64. The first-order valence-corrected chi connectivity index (χ1v) is 10.3. The van der Waals surface area contributed by atoms with E-state index in [1.165, 1.54) is 0 Å². The Kier molecular flexibility index (Phi) is 7.12. The van der Waals surface area contributed by atoms with E-state index in [2.05, 4.69) is 5.32 Å². The molecule has 1 N–H and O–H groups in total. The Morgan fingerprint density at radius 1 is 0.967 bits per heavy atom. The van der Waals surface area contributed by atoms with Crippen molar-refractivity contribution >= 4 is 11.9 Å². The van der Waals surface area contributed by atoms with Gasteiger partial charge in [-0.15, -0.1) is 0 Å². The fraction of sp³-hybridized carbons (Fsp3) is 0.333. The molecule has 0 amide bonds. The molecule has 1 unspecified atom stereocenters. The number of esters is 2. The quantitative estimate of drug-likeness (QED) is 0.660. The van der Waals surface area contributed by atoms with E-state index < -0.39 is 11.9 Å². The van der Waals surface area contributed by atoms with Crippen molar-refractivity contribution < 1.29 is 23.8 Å². The number of rotatable bonds is 8. The van der Waals surface area contributed by atoms with E-state index in [4.69, 9.17) is 14.2 Å². The Morgan fingerprint density at radius 2 is 1.70 bits per heavy atom. The molecule has 0 fully saturated rings. The number of fused-ring (bicyclic) bond motifs is 1. The molecule has 2 aromatic rings. The molecule has 1 atom stereocenters. The van der Waals surface area contributed by atoms with Crippen LogP contribution in [0.2, 0.25) is 0 Å². The van der Waals surface area contributed by atoms with Crippen LogP contribution < -0.4 is 10.1 Å². The van der Waals surface area contributed by atoms with Crippen molar-refractivity contribution in [1.82, 2.24) is 5.32 Å². The molecule has 1 aliphatic heterocycles. The summed E-state index contributed by atoms with van der Waals surface area (Å²) in [6, 6.07) is 15.7. The van der Waals surface area contributed by atoms with E-state index in [0.717, 1.165) is 16.7 Å². The molecule has 0 saturated carbocycles. The number of benzene rings is 2. The minimum atomic E-state index is -0.537. The van der Waals surface area contributed by atoms with Crippen LogP contribution in [0.3, 0.4) is 0 Å². The molecule has 0 spiro atoms. The fourth-order valence-corrected chi connectivity index (χ4v) is 3.54. The molecule has 2 aromatic carbocycles. The summed E-state index contributed by atoms with van der Waals surface area (Å²) in [6.45, 7) is 6.48. The van der Waals surface area contributed by atoms with Crippen LogP contribution in [0.5, 0.6) is 5.75 Å². The van der Waals surface area contributed by atoms with Gasteiger partial charge in [-0.05, 0) is 44.0 Å². The van der Waals surface area contributed by atoms with Crippen molar-refractivity contribution in [3.63, 3.8) is 0 Å². The lowest BCUT2D eigenvalue weighted by molar-refractivity contribution is -0.143. The Labute approximate surface area is 176 Å². The van der Waals surface area contributed by atoms with Crippen LogP contribution >= 0.6 is 0 Å². The standard InChI is InChI=1S/C24H27NO5/c1-4-25-23-22(24(27)29-6-3)19(15-21(26)28-5-2)18-14-17(12-13-20(18)30-23)16-10-8-7-9-11-16/h7-14,19,25H,4-6,15H2,1-3H3. The normalized spacial score (nSPS) is 15.1. The molecular weight excluding hydrogens is 382 g/mol. The highest BCUT2D eigenvalue weighted by molar-refractivity contribution is 5.93. The molecule has 0 bridgehead atoms. The molecule has 1 aliphatic rings. The van der Waals surface area contributed by atoms with Gasteiger partial charge < -0.3 is 19.5 Å². The minimum absolute atomic E-state index is 0.0193. The molecule has 30 heavy (non-hydrogen) atoms. The van der Waals surface area contributed by atoms with Crippen molar-refractivity contribution in [3.05, 3.63) is 65.6 Å². The highest BCUT2D eigenvalue weighted by atomic mass is 16.5. The van der Waals surface area contributed by atoms with Crippen LogP contribution in [0.4, 0.5) is 0 Å². The first-order chi connectivity index (χ1) is 14.6. The van der Waals surface area contributed by atoms with Crippen LogP contribution in [0.1, 0.15) is 38.7 Å². The number of carbonyl (C=O) groups is 2. The van der Waals surface area contributed by atoms with Crippen LogP contribution in [0.15, 0.2) is 60.0 Å². The van der Waals surface area contributed by atoms with Gasteiger partial charge in [0, 0.05) is 18.0 Å². The third-order valence-corrected chi connectivity index (χ3v) is 4.81.